The third-order valence-electron chi connectivity index (χ3n) is 3.80. The summed E-state index contributed by atoms with van der Waals surface area (Å²) in [5, 5.41) is 8.00. The van der Waals surface area contributed by atoms with Crippen molar-refractivity contribution >= 4 is 11.5 Å². The fourth-order valence-electron chi connectivity index (χ4n) is 2.78. The summed E-state index contributed by atoms with van der Waals surface area (Å²) in [5.41, 5.74) is 8.38. The van der Waals surface area contributed by atoms with E-state index in [1.165, 1.54) is 19.3 Å². The van der Waals surface area contributed by atoms with E-state index in [4.69, 9.17) is 5.73 Å². The van der Waals surface area contributed by atoms with Crippen LogP contribution in [0.4, 0.5) is 11.5 Å². The maximum atomic E-state index is 6.11. The van der Waals surface area contributed by atoms with Crippen LogP contribution < -0.4 is 11.1 Å². The Morgan fingerprint density at radius 1 is 1.53 bits per heavy atom. The predicted molar refractivity (Wildman–Crippen MR) is 72.0 cm³/mol. The largest absolute Gasteiger partial charge is 0.394 e. The van der Waals surface area contributed by atoms with E-state index in [0.29, 0.717) is 11.5 Å². The smallest absolute Gasteiger partial charge is 0.147 e. The fraction of sp³-hybridized carbons (Fsp3) is 0.769. The van der Waals surface area contributed by atoms with Crippen molar-refractivity contribution in [1.29, 1.82) is 0 Å². The standard InChI is InChI=1S/C13H24N4/c1-5-10-11(14)12(17(4)16-10)15-9-6-7-13(2,3)8-9/h9,15H,5-8,14H2,1-4H3. The molecular weight excluding hydrogens is 212 g/mol. The summed E-state index contributed by atoms with van der Waals surface area (Å²) >= 11 is 0. The molecule has 17 heavy (non-hydrogen) atoms. The van der Waals surface area contributed by atoms with Crippen LogP contribution in [-0.2, 0) is 13.5 Å². The number of nitrogens with one attached hydrogen (secondary N) is 1. The maximum absolute atomic E-state index is 6.11. The quantitative estimate of drug-likeness (QED) is 0.848. The van der Waals surface area contributed by atoms with Gasteiger partial charge in [-0.15, -0.1) is 0 Å². The van der Waals surface area contributed by atoms with Gasteiger partial charge in [0.1, 0.15) is 5.82 Å². The van der Waals surface area contributed by atoms with Crippen molar-refractivity contribution in [2.24, 2.45) is 12.5 Å². The summed E-state index contributed by atoms with van der Waals surface area (Å²) in [4.78, 5) is 0. The second-order valence-corrected chi connectivity index (χ2v) is 5.93. The van der Waals surface area contributed by atoms with Crippen LogP contribution in [0.5, 0.6) is 0 Å². The SMILES string of the molecule is CCc1nn(C)c(NC2CCC(C)(C)C2)c1N. The topological polar surface area (TPSA) is 55.9 Å². The van der Waals surface area contributed by atoms with E-state index >= 15 is 0 Å². The van der Waals surface area contributed by atoms with E-state index in [9.17, 15) is 0 Å². The lowest BCUT2D eigenvalue weighted by molar-refractivity contribution is 0.378. The molecule has 1 fully saturated rings. The Morgan fingerprint density at radius 3 is 2.71 bits per heavy atom. The van der Waals surface area contributed by atoms with Gasteiger partial charge in [0.15, 0.2) is 0 Å². The molecule has 1 aliphatic carbocycles. The molecule has 0 saturated heterocycles. The van der Waals surface area contributed by atoms with Gasteiger partial charge in [-0.05, 0) is 31.1 Å². The number of hydrogen-bond acceptors (Lipinski definition) is 3. The minimum Gasteiger partial charge on any atom is -0.394 e. The van der Waals surface area contributed by atoms with Gasteiger partial charge in [-0.25, -0.2) is 0 Å². The molecule has 0 radical (unpaired) electrons. The van der Waals surface area contributed by atoms with Gasteiger partial charge in [-0.2, -0.15) is 5.10 Å². The number of anilines is 2. The highest BCUT2D eigenvalue weighted by molar-refractivity contribution is 5.65. The number of hydrogen-bond donors (Lipinski definition) is 2. The Morgan fingerprint density at radius 2 is 2.24 bits per heavy atom. The van der Waals surface area contributed by atoms with E-state index in [0.717, 1.165) is 23.6 Å². The van der Waals surface area contributed by atoms with E-state index in [-0.39, 0.29) is 0 Å². The van der Waals surface area contributed by atoms with Crippen molar-refractivity contribution in [3.63, 3.8) is 0 Å². The molecule has 1 aromatic rings. The van der Waals surface area contributed by atoms with Crippen LogP contribution in [0.15, 0.2) is 0 Å². The second kappa shape index (κ2) is 4.24. The van der Waals surface area contributed by atoms with E-state index < -0.39 is 0 Å². The van der Waals surface area contributed by atoms with Gasteiger partial charge < -0.3 is 11.1 Å². The number of nitrogens with two attached hydrogens (primary N) is 1. The van der Waals surface area contributed by atoms with E-state index in [1.807, 2.05) is 11.7 Å². The van der Waals surface area contributed by atoms with Gasteiger partial charge in [0.05, 0.1) is 11.4 Å². The number of nitrogen functional groups attached to an aromatic ring is 1. The lowest BCUT2D eigenvalue weighted by Gasteiger charge is -2.18. The maximum Gasteiger partial charge on any atom is 0.147 e. The molecule has 1 aromatic heterocycles. The average Bonchev–Trinajstić information content (AvgIpc) is 2.72. The number of nitrogens with zero attached hydrogens (tertiary/aromatic N) is 2. The number of aromatic nitrogens is 2. The predicted octanol–water partition coefficient (Wildman–Crippen LogP) is 2.56. The van der Waals surface area contributed by atoms with Crippen LogP contribution >= 0.6 is 0 Å². The fourth-order valence-corrected chi connectivity index (χ4v) is 2.78. The summed E-state index contributed by atoms with van der Waals surface area (Å²) in [6, 6.07) is 0.535. The van der Waals surface area contributed by atoms with Crippen LogP contribution in [-0.4, -0.2) is 15.8 Å². The van der Waals surface area contributed by atoms with Gasteiger partial charge >= 0.3 is 0 Å². The highest BCUT2D eigenvalue weighted by Gasteiger charge is 2.31. The Kier molecular flexibility index (Phi) is 3.06. The average molecular weight is 236 g/mol. The first-order chi connectivity index (χ1) is 7.93. The first-order valence-corrected chi connectivity index (χ1v) is 6.51. The van der Waals surface area contributed by atoms with E-state index in [1.54, 1.807) is 0 Å². The van der Waals surface area contributed by atoms with Crippen molar-refractivity contribution in [3.8, 4) is 0 Å². The molecule has 1 aliphatic rings. The van der Waals surface area contributed by atoms with Crippen molar-refractivity contribution in [2.75, 3.05) is 11.1 Å². The molecule has 96 valence electrons. The van der Waals surface area contributed by atoms with Crippen LogP contribution in [0.2, 0.25) is 0 Å². The Bertz CT molecular complexity index is 406. The lowest BCUT2D eigenvalue weighted by atomic mass is 9.92. The van der Waals surface area contributed by atoms with Gasteiger partial charge in [-0.1, -0.05) is 20.8 Å². The first kappa shape index (κ1) is 12.3. The van der Waals surface area contributed by atoms with E-state index in [2.05, 4.69) is 31.2 Å². The summed E-state index contributed by atoms with van der Waals surface area (Å²) in [7, 11) is 1.96. The van der Waals surface area contributed by atoms with Crippen molar-refractivity contribution < 1.29 is 0 Å². The molecule has 0 amide bonds. The Labute approximate surface area is 104 Å². The van der Waals surface area contributed by atoms with Crippen LogP contribution in [0.25, 0.3) is 0 Å². The number of aryl methyl sites for hydroxylation is 2. The first-order valence-electron chi connectivity index (χ1n) is 6.51. The third-order valence-corrected chi connectivity index (χ3v) is 3.80. The van der Waals surface area contributed by atoms with Gasteiger partial charge in [0.25, 0.3) is 0 Å². The molecule has 1 unspecified atom stereocenters. The molecule has 0 bridgehead atoms. The van der Waals surface area contributed by atoms with Crippen LogP contribution in [0.1, 0.15) is 45.7 Å². The van der Waals surface area contributed by atoms with Crippen LogP contribution in [0.3, 0.4) is 0 Å². The zero-order chi connectivity index (χ0) is 12.6. The normalized spacial score (nSPS) is 22.9. The molecule has 0 aliphatic heterocycles. The zero-order valence-electron chi connectivity index (χ0n) is 11.4. The summed E-state index contributed by atoms with van der Waals surface area (Å²) in [6.45, 7) is 6.75. The van der Waals surface area contributed by atoms with Gasteiger partial charge in [-0.3, -0.25) is 4.68 Å². The summed E-state index contributed by atoms with van der Waals surface area (Å²) in [6.07, 6.45) is 4.60. The van der Waals surface area contributed by atoms with Crippen molar-refractivity contribution in [1.82, 2.24) is 9.78 Å². The minimum absolute atomic E-state index is 0.457. The summed E-state index contributed by atoms with van der Waals surface area (Å²) < 4.78 is 1.87. The highest BCUT2D eigenvalue weighted by atomic mass is 15.3. The minimum atomic E-state index is 0.457. The molecule has 0 aromatic carbocycles. The van der Waals surface area contributed by atoms with Gasteiger partial charge in [0, 0.05) is 13.1 Å². The molecule has 3 N–H and O–H groups in total. The van der Waals surface area contributed by atoms with Crippen molar-refractivity contribution in [2.45, 2.75) is 52.5 Å². The Hall–Kier alpha value is -1.19. The second-order valence-electron chi connectivity index (χ2n) is 5.93. The van der Waals surface area contributed by atoms with Crippen LogP contribution in [0, 0.1) is 5.41 Å². The van der Waals surface area contributed by atoms with Crippen molar-refractivity contribution in [3.05, 3.63) is 5.69 Å². The monoisotopic (exact) mass is 236 g/mol. The molecule has 1 saturated carbocycles. The van der Waals surface area contributed by atoms with Gasteiger partial charge in [0.2, 0.25) is 0 Å². The molecular formula is C13H24N4. The molecule has 0 spiro atoms. The molecule has 1 heterocycles. The molecule has 4 nitrogen and oxygen atoms in total. The molecule has 2 rings (SSSR count). The molecule has 4 heteroatoms. The third kappa shape index (κ3) is 2.40. The summed E-state index contributed by atoms with van der Waals surface area (Å²) in [5.74, 6) is 0.990. The molecule has 1 atom stereocenters. The Balaban J connectivity index is 2.12. The zero-order valence-corrected chi connectivity index (χ0v) is 11.4. The lowest BCUT2D eigenvalue weighted by Crippen LogP contribution is -2.20. The number of rotatable bonds is 3. The highest BCUT2D eigenvalue weighted by Crippen LogP contribution is 2.39.